The van der Waals surface area contributed by atoms with Crippen LogP contribution in [-0.2, 0) is 13.2 Å². The highest BCUT2D eigenvalue weighted by Crippen LogP contribution is 2.20. The van der Waals surface area contributed by atoms with Gasteiger partial charge in [-0.05, 0) is 23.3 Å². The molecule has 1 aromatic heterocycles. The predicted molar refractivity (Wildman–Crippen MR) is 74.5 cm³/mol. The second kappa shape index (κ2) is 6.41. The zero-order valence-corrected chi connectivity index (χ0v) is 11.4. The van der Waals surface area contributed by atoms with E-state index in [1.165, 1.54) is 0 Å². The van der Waals surface area contributed by atoms with Crippen molar-refractivity contribution in [2.24, 2.45) is 5.73 Å². The zero-order valence-electron chi connectivity index (χ0n) is 10.6. The third-order valence-corrected chi connectivity index (χ3v) is 2.99. The first-order valence-electron chi connectivity index (χ1n) is 5.83. The normalized spacial score (nSPS) is 10.3. The highest BCUT2D eigenvalue weighted by Gasteiger charge is 2.03. The molecule has 2 aromatic rings. The molecule has 0 radical (unpaired) electrons. The van der Waals surface area contributed by atoms with Gasteiger partial charge in [-0.3, -0.25) is 0 Å². The predicted octanol–water partition coefficient (Wildman–Crippen LogP) is 2.78. The van der Waals surface area contributed by atoms with Crippen molar-refractivity contribution in [2.45, 2.75) is 13.2 Å². The molecule has 0 aliphatic heterocycles. The minimum atomic E-state index is 0.358. The number of pyridine rings is 1. The first kappa shape index (κ1) is 13.6. The van der Waals surface area contributed by atoms with Gasteiger partial charge < -0.3 is 15.2 Å². The van der Waals surface area contributed by atoms with Crippen molar-refractivity contribution in [3.05, 3.63) is 52.7 Å². The largest absolute Gasteiger partial charge is 0.497 e. The number of nitrogens with two attached hydrogens (primary N) is 1. The van der Waals surface area contributed by atoms with Gasteiger partial charge in [0.05, 0.1) is 12.1 Å². The number of ether oxygens (including phenoxy) is 2. The van der Waals surface area contributed by atoms with Gasteiger partial charge in [-0.1, -0.05) is 23.7 Å². The summed E-state index contributed by atoms with van der Waals surface area (Å²) in [6, 6.07) is 9.43. The summed E-state index contributed by atoms with van der Waals surface area (Å²) in [5.41, 5.74) is 7.40. The van der Waals surface area contributed by atoms with Gasteiger partial charge in [-0.25, -0.2) is 4.98 Å². The van der Waals surface area contributed by atoms with Crippen LogP contribution in [-0.4, -0.2) is 12.1 Å². The lowest BCUT2D eigenvalue weighted by atomic mass is 10.2. The molecule has 1 heterocycles. The molecule has 0 saturated heterocycles. The summed E-state index contributed by atoms with van der Waals surface area (Å²) < 4.78 is 10.8. The van der Waals surface area contributed by atoms with Gasteiger partial charge >= 0.3 is 0 Å². The van der Waals surface area contributed by atoms with E-state index in [0.717, 1.165) is 16.9 Å². The lowest BCUT2D eigenvalue weighted by Crippen LogP contribution is -2.01. The van der Waals surface area contributed by atoms with Crippen molar-refractivity contribution in [1.29, 1.82) is 0 Å². The van der Waals surface area contributed by atoms with E-state index in [1.54, 1.807) is 19.4 Å². The third-order valence-electron chi connectivity index (χ3n) is 2.65. The first-order chi connectivity index (χ1) is 9.22. The van der Waals surface area contributed by atoms with Gasteiger partial charge in [0.15, 0.2) is 0 Å². The third kappa shape index (κ3) is 3.59. The van der Waals surface area contributed by atoms with Crippen molar-refractivity contribution >= 4 is 11.6 Å². The van der Waals surface area contributed by atoms with E-state index in [1.807, 2.05) is 24.3 Å². The highest BCUT2D eigenvalue weighted by atomic mass is 35.5. The summed E-state index contributed by atoms with van der Waals surface area (Å²) in [6.45, 7) is 0.771. The molecule has 0 spiro atoms. The van der Waals surface area contributed by atoms with Gasteiger partial charge in [-0.2, -0.15) is 0 Å². The Bertz CT molecular complexity index is 561. The number of benzene rings is 1. The Morgan fingerprint density at radius 3 is 2.89 bits per heavy atom. The summed E-state index contributed by atoms with van der Waals surface area (Å²) in [5, 5.41) is 0.552. The van der Waals surface area contributed by atoms with Crippen molar-refractivity contribution in [3.8, 4) is 11.6 Å². The lowest BCUT2D eigenvalue weighted by Gasteiger charge is -2.08. The van der Waals surface area contributed by atoms with Crippen molar-refractivity contribution < 1.29 is 9.47 Å². The van der Waals surface area contributed by atoms with E-state index in [9.17, 15) is 0 Å². The van der Waals surface area contributed by atoms with E-state index in [0.29, 0.717) is 24.1 Å². The number of aromatic nitrogens is 1. The quantitative estimate of drug-likeness (QED) is 0.914. The van der Waals surface area contributed by atoms with E-state index in [2.05, 4.69) is 4.98 Å². The van der Waals surface area contributed by atoms with E-state index >= 15 is 0 Å². The molecule has 0 fully saturated rings. The van der Waals surface area contributed by atoms with Crippen molar-refractivity contribution in [3.63, 3.8) is 0 Å². The fourth-order valence-electron chi connectivity index (χ4n) is 1.61. The summed E-state index contributed by atoms with van der Waals surface area (Å²) in [4.78, 5) is 4.10. The maximum absolute atomic E-state index is 5.94. The van der Waals surface area contributed by atoms with E-state index in [-0.39, 0.29) is 0 Å². The number of hydrogen-bond donors (Lipinski definition) is 1. The van der Waals surface area contributed by atoms with Gasteiger partial charge in [0.1, 0.15) is 12.4 Å². The summed E-state index contributed by atoms with van der Waals surface area (Å²) in [7, 11) is 1.63. The summed E-state index contributed by atoms with van der Waals surface area (Å²) in [6.07, 6.45) is 1.55. The lowest BCUT2D eigenvalue weighted by molar-refractivity contribution is 0.292. The number of hydrogen-bond acceptors (Lipinski definition) is 4. The van der Waals surface area contributed by atoms with Crippen molar-refractivity contribution in [2.75, 3.05) is 7.11 Å². The molecule has 19 heavy (non-hydrogen) atoms. The Morgan fingerprint density at radius 2 is 2.16 bits per heavy atom. The Hall–Kier alpha value is -1.78. The number of nitrogens with zero attached hydrogens (tertiary/aromatic N) is 1. The zero-order chi connectivity index (χ0) is 13.7. The van der Waals surface area contributed by atoms with E-state index in [4.69, 9.17) is 26.8 Å². The van der Waals surface area contributed by atoms with Gasteiger partial charge in [0.25, 0.3) is 0 Å². The average Bonchev–Trinajstić information content (AvgIpc) is 2.46. The molecule has 0 saturated carbocycles. The SMILES string of the molecule is COc1cccc(COc2cc(CN)c(Cl)cn2)c1. The van der Waals surface area contributed by atoms with Crippen molar-refractivity contribution in [1.82, 2.24) is 4.98 Å². The maximum Gasteiger partial charge on any atom is 0.213 e. The Morgan fingerprint density at radius 1 is 1.32 bits per heavy atom. The van der Waals surface area contributed by atoms with Crippen LogP contribution < -0.4 is 15.2 Å². The van der Waals surface area contributed by atoms with Gasteiger partial charge in [0, 0.05) is 18.8 Å². The second-order valence-electron chi connectivity index (χ2n) is 3.96. The topological polar surface area (TPSA) is 57.4 Å². The fraction of sp³-hybridized carbons (Fsp3) is 0.214. The molecule has 0 atom stereocenters. The van der Waals surface area contributed by atoms with Gasteiger partial charge in [0.2, 0.25) is 5.88 Å². The molecule has 2 N–H and O–H groups in total. The van der Waals surface area contributed by atoms with Crippen LogP contribution >= 0.6 is 11.6 Å². The molecule has 0 aliphatic carbocycles. The van der Waals surface area contributed by atoms with Crippen LogP contribution in [0.3, 0.4) is 0 Å². The molecular formula is C14H15ClN2O2. The van der Waals surface area contributed by atoms with Crippen LogP contribution in [0.15, 0.2) is 36.5 Å². The molecular weight excluding hydrogens is 264 g/mol. The molecule has 0 unspecified atom stereocenters. The van der Waals surface area contributed by atoms with Gasteiger partial charge in [-0.15, -0.1) is 0 Å². The maximum atomic E-state index is 5.94. The first-order valence-corrected chi connectivity index (χ1v) is 6.21. The molecule has 0 bridgehead atoms. The van der Waals surface area contributed by atoms with Crippen LogP contribution in [0.2, 0.25) is 5.02 Å². The van der Waals surface area contributed by atoms with Crippen LogP contribution in [0.25, 0.3) is 0 Å². The van der Waals surface area contributed by atoms with Crippen LogP contribution in [0.1, 0.15) is 11.1 Å². The monoisotopic (exact) mass is 278 g/mol. The molecule has 4 nitrogen and oxygen atoms in total. The second-order valence-corrected chi connectivity index (χ2v) is 4.37. The Kier molecular flexibility index (Phi) is 4.60. The minimum Gasteiger partial charge on any atom is -0.497 e. The highest BCUT2D eigenvalue weighted by molar-refractivity contribution is 6.31. The minimum absolute atomic E-state index is 0.358. The standard InChI is InChI=1S/C14H15ClN2O2/c1-18-12-4-2-3-10(5-12)9-19-14-6-11(7-16)13(15)8-17-14/h2-6,8H,7,9,16H2,1H3. The van der Waals surface area contributed by atoms with E-state index < -0.39 is 0 Å². The average molecular weight is 279 g/mol. The van der Waals surface area contributed by atoms with Crippen LogP contribution in [0.4, 0.5) is 0 Å². The Balaban J connectivity index is 2.05. The Labute approximate surface area is 117 Å². The van der Waals surface area contributed by atoms with Crippen LogP contribution in [0.5, 0.6) is 11.6 Å². The molecule has 5 heteroatoms. The number of methoxy groups -OCH3 is 1. The smallest absolute Gasteiger partial charge is 0.213 e. The molecule has 100 valence electrons. The molecule has 1 aromatic carbocycles. The number of halogens is 1. The molecule has 0 amide bonds. The number of rotatable bonds is 5. The molecule has 0 aliphatic rings. The van der Waals surface area contributed by atoms with Crippen LogP contribution in [0, 0.1) is 0 Å². The summed E-state index contributed by atoms with van der Waals surface area (Å²) >= 11 is 5.94. The molecule has 2 rings (SSSR count). The fourth-order valence-corrected chi connectivity index (χ4v) is 1.79. The summed E-state index contributed by atoms with van der Waals surface area (Å²) in [5.74, 6) is 1.31.